The summed E-state index contributed by atoms with van der Waals surface area (Å²) in [6, 6.07) is 10.7. The molecule has 2 bridgehead atoms. The molecule has 1 aromatic carbocycles. The predicted octanol–water partition coefficient (Wildman–Crippen LogP) is 2.97. The summed E-state index contributed by atoms with van der Waals surface area (Å²) in [7, 11) is 2.28. The summed E-state index contributed by atoms with van der Waals surface area (Å²) in [5.41, 5.74) is 3.36. The van der Waals surface area contributed by atoms with Crippen LogP contribution in [0.2, 0.25) is 0 Å². The van der Waals surface area contributed by atoms with E-state index < -0.39 is 0 Å². The van der Waals surface area contributed by atoms with Crippen LogP contribution in [0.25, 0.3) is 0 Å². The molecule has 5 atom stereocenters. The Morgan fingerprint density at radius 1 is 1.26 bits per heavy atom. The predicted molar refractivity (Wildman–Crippen MR) is 92.5 cm³/mol. The number of hydrogen-bond donors (Lipinski definition) is 1. The molecule has 4 heterocycles. The Kier molecular flexibility index (Phi) is 2.81. The van der Waals surface area contributed by atoms with Crippen molar-refractivity contribution in [3.63, 3.8) is 0 Å². The Labute approximate surface area is 139 Å². The van der Waals surface area contributed by atoms with Crippen LogP contribution in [-0.4, -0.2) is 41.4 Å². The molecule has 0 amide bonds. The number of fused-ring (bicyclic) bond motifs is 1. The van der Waals surface area contributed by atoms with Gasteiger partial charge >= 0.3 is 0 Å². The smallest absolute Gasteiger partial charge is 0.111 e. The molecule has 1 spiro atoms. The van der Waals surface area contributed by atoms with Gasteiger partial charge in [0, 0.05) is 36.2 Å². The zero-order chi connectivity index (χ0) is 15.9. The zero-order valence-corrected chi connectivity index (χ0v) is 14.4. The molecule has 4 fully saturated rings. The molecule has 23 heavy (non-hydrogen) atoms. The monoisotopic (exact) mass is 312 g/mol. The molecule has 1 unspecified atom stereocenters. The van der Waals surface area contributed by atoms with Crippen molar-refractivity contribution in [2.75, 3.05) is 11.9 Å². The number of aliphatic hydroxyl groups is 1. The minimum Gasteiger partial charge on any atom is -0.378 e. The van der Waals surface area contributed by atoms with Gasteiger partial charge < -0.3 is 10.0 Å². The highest BCUT2D eigenvalue weighted by molar-refractivity contribution is 5.66. The van der Waals surface area contributed by atoms with Crippen LogP contribution < -0.4 is 4.90 Å². The Balaban J connectivity index is 1.58. The van der Waals surface area contributed by atoms with Gasteiger partial charge in [-0.1, -0.05) is 32.0 Å². The first-order valence-corrected chi connectivity index (χ1v) is 9.36. The third-order valence-electron chi connectivity index (χ3n) is 7.68. The number of aliphatic hydroxyl groups excluding tert-OH is 1. The van der Waals surface area contributed by atoms with E-state index in [1.165, 1.54) is 24.9 Å². The van der Waals surface area contributed by atoms with Crippen LogP contribution in [-0.2, 0) is 5.41 Å². The molecule has 1 aliphatic carbocycles. The largest absolute Gasteiger partial charge is 0.378 e. The number of piperidine rings is 3. The van der Waals surface area contributed by atoms with Crippen molar-refractivity contribution in [1.29, 1.82) is 0 Å². The number of nitrogens with zero attached hydrogens (tertiary/aromatic N) is 2. The first kappa shape index (κ1) is 14.3. The summed E-state index contributed by atoms with van der Waals surface area (Å²) in [6.45, 7) is 4.58. The van der Waals surface area contributed by atoms with Gasteiger partial charge in [-0.3, -0.25) is 4.90 Å². The van der Waals surface area contributed by atoms with Crippen molar-refractivity contribution in [3.05, 3.63) is 29.8 Å². The van der Waals surface area contributed by atoms with Gasteiger partial charge in [0.15, 0.2) is 0 Å². The molecule has 1 N–H and O–H groups in total. The second kappa shape index (κ2) is 4.52. The Bertz CT molecular complexity index is 638. The lowest BCUT2D eigenvalue weighted by Crippen LogP contribution is -2.77. The second-order valence-electron chi connectivity index (χ2n) is 8.50. The number of benzene rings is 1. The molecule has 3 saturated heterocycles. The SMILES string of the molecule is CC[C@@H]1[C@@H](O)N2C3CC4(C3)c3ccccc3N(C)C4[C@@H]2C[C@@H]1C. The van der Waals surface area contributed by atoms with Crippen molar-refractivity contribution < 1.29 is 5.11 Å². The highest BCUT2D eigenvalue weighted by atomic mass is 16.3. The van der Waals surface area contributed by atoms with Gasteiger partial charge in [0.1, 0.15) is 6.23 Å². The summed E-state index contributed by atoms with van der Waals surface area (Å²) >= 11 is 0. The molecule has 124 valence electrons. The molecule has 1 saturated carbocycles. The van der Waals surface area contributed by atoms with E-state index in [0.717, 1.165) is 6.42 Å². The lowest BCUT2D eigenvalue weighted by molar-refractivity contribution is -0.201. The third-order valence-corrected chi connectivity index (χ3v) is 7.68. The molecule has 3 heteroatoms. The van der Waals surface area contributed by atoms with E-state index in [4.69, 9.17) is 0 Å². The van der Waals surface area contributed by atoms with Gasteiger partial charge in [-0.25, -0.2) is 0 Å². The summed E-state index contributed by atoms with van der Waals surface area (Å²) in [5, 5.41) is 11.1. The standard InChI is InChI=1S/C20H28N2O/c1-4-14-12(2)9-17-18-20(10-13(11-20)22(17)19(14)23)15-7-5-6-8-16(15)21(18)3/h5-8,12-14,17-19,23H,4,9-11H2,1-3H3/t12-,13?,14-,17-,18?,19+,20?/m0/s1. The van der Waals surface area contributed by atoms with Crippen molar-refractivity contribution >= 4 is 5.69 Å². The summed E-state index contributed by atoms with van der Waals surface area (Å²) in [5.74, 6) is 1.05. The first-order valence-electron chi connectivity index (χ1n) is 9.36. The lowest BCUT2D eigenvalue weighted by Gasteiger charge is -2.67. The molecule has 3 nitrogen and oxygen atoms in total. The molecule has 1 aromatic rings. The van der Waals surface area contributed by atoms with Gasteiger partial charge in [0.2, 0.25) is 0 Å². The van der Waals surface area contributed by atoms with E-state index >= 15 is 0 Å². The Hall–Kier alpha value is -1.06. The molecule has 0 radical (unpaired) electrons. The quantitative estimate of drug-likeness (QED) is 0.863. The van der Waals surface area contributed by atoms with Crippen LogP contribution >= 0.6 is 0 Å². The third kappa shape index (κ3) is 1.54. The van der Waals surface area contributed by atoms with Gasteiger partial charge in [-0.15, -0.1) is 0 Å². The highest BCUT2D eigenvalue weighted by Gasteiger charge is 2.68. The lowest BCUT2D eigenvalue weighted by atomic mass is 9.52. The van der Waals surface area contributed by atoms with Gasteiger partial charge in [0.05, 0.1) is 6.04 Å². The fourth-order valence-corrected chi connectivity index (χ4v) is 6.74. The van der Waals surface area contributed by atoms with Crippen LogP contribution in [0.4, 0.5) is 5.69 Å². The number of hydrogen-bond acceptors (Lipinski definition) is 3. The van der Waals surface area contributed by atoms with Gasteiger partial charge in [-0.05, 0) is 43.2 Å². The van der Waals surface area contributed by atoms with Crippen molar-refractivity contribution in [1.82, 2.24) is 4.90 Å². The number of rotatable bonds is 1. The van der Waals surface area contributed by atoms with Crippen molar-refractivity contribution in [2.24, 2.45) is 11.8 Å². The van der Waals surface area contributed by atoms with Crippen molar-refractivity contribution in [3.8, 4) is 0 Å². The molecular formula is C20H28N2O. The van der Waals surface area contributed by atoms with Crippen LogP contribution in [0.5, 0.6) is 0 Å². The van der Waals surface area contributed by atoms with Crippen LogP contribution in [0, 0.1) is 11.8 Å². The Morgan fingerprint density at radius 3 is 2.74 bits per heavy atom. The van der Waals surface area contributed by atoms with E-state index in [9.17, 15) is 5.11 Å². The maximum Gasteiger partial charge on any atom is 0.111 e. The van der Waals surface area contributed by atoms with E-state index in [-0.39, 0.29) is 6.23 Å². The Morgan fingerprint density at radius 2 is 2.00 bits per heavy atom. The molecule has 4 aliphatic heterocycles. The topological polar surface area (TPSA) is 26.7 Å². The summed E-state index contributed by atoms with van der Waals surface area (Å²) < 4.78 is 0. The minimum atomic E-state index is -0.242. The van der Waals surface area contributed by atoms with Gasteiger partial charge in [0.25, 0.3) is 0 Å². The van der Waals surface area contributed by atoms with Crippen LogP contribution in [0.1, 0.15) is 45.1 Å². The molecule has 6 rings (SSSR count). The van der Waals surface area contributed by atoms with E-state index in [0.29, 0.717) is 35.4 Å². The van der Waals surface area contributed by atoms with E-state index in [1.54, 1.807) is 5.56 Å². The summed E-state index contributed by atoms with van der Waals surface area (Å²) in [4.78, 5) is 5.05. The van der Waals surface area contributed by atoms with Crippen LogP contribution in [0.3, 0.4) is 0 Å². The van der Waals surface area contributed by atoms with E-state index in [1.807, 2.05) is 0 Å². The average Bonchev–Trinajstić information content (AvgIpc) is 2.79. The zero-order valence-electron chi connectivity index (χ0n) is 14.4. The first-order chi connectivity index (χ1) is 11.1. The fourth-order valence-electron chi connectivity index (χ4n) is 6.74. The molecule has 5 aliphatic rings. The molecular weight excluding hydrogens is 284 g/mol. The van der Waals surface area contributed by atoms with Gasteiger partial charge in [-0.2, -0.15) is 0 Å². The highest BCUT2D eigenvalue weighted by Crippen LogP contribution is 2.64. The normalized spacial score (nSPS) is 47.6. The molecule has 0 aromatic heterocycles. The maximum absolute atomic E-state index is 11.1. The van der Waals surface area contributed by atoms with E-state index in [2.05, 4.69) is 55.0 Å². The average molecular weight is 312 g/mol. The number of para-hydroxylation sites is 1. The maximum atomic E-state index is 11.1. The van der Waals surface area contributed by atoms with Crippen molar-refractivity contribution in [2.45, 2.75) is 69.3 Å². The summed E-state index contributed by atoms with van der Waals surface area (Å²) in [6.07, 6.45) is 4.55. The number of anilines is 1. The van der Waals surface area contributed by atoms with Crippen LogP contribution in [0.15, 0.2) is 24.3 Å². The minimum absolute atomic E-state index is 0.242. The number of likely N-dealkylation sites (N-methyl/N-ethyl adjacent to an activating group) is 1. The second-order valence-corrected chi connectivity index (χ2v) is 8.50. The fraction of sp³-hybridized carbons (Fsp3) is 0.700.